The monoisotopic (exact) mass is 355 g/mol. The van der Waals surface area contributed by atoms with Crippen molar-refractivity contribution in [2.75, 3.05) is 5.75 Å². The first-order chi connectivity index (χ1) is 12.1. The summed E-state index contributed by atoms with van der Waals surface area (Å²) < 4.78 is 5.02. The van der Waals surface area contributed by atoms with Gasteiger partial charge < -0.3 is 9.84 Å². The summed E-state index contributed by atoms with van der Waals surface area (Å²) in [5, 5.41) is 7.55. The third kappa shape index (κ3) is 4.42. The van der Waals surface area contributed by atoms with Crippen LogP contribution in [0, 0.1) is 6.92 Å². The van der Waals surface area contributed by atoms with E-state index in [1.54, 1.807) is 31.6 Å². The average Bonchev–Trinajstić information content (AvgIpc) is 3.07. The molecule has 0 radical (unpaired) electrons. The number of aryl methyl sites for hydroxylation is 1. The van der Waals surface area contributed by atoms with E-state index in [1.165, 1.54) is 11.8 Å². The zero-order chi connectivity index (χ0) is 17.6. The quantitative estimate of drug-likeness (QED) is 0.679. The maximum atomic E-state index is 12.2. The van der Waals surface area contributed by atoms with Gasteiger partial charge in [-0.15, -0.1) is 0 Å². The smallest absolute Gasteiger partial charge is 0.230 e. The molecule has 3 heterocycles. The van der Waals surface area contributed by atoms with Crippen molar-refractivity contribution in [1.82, 2.24) is 25.4 Å². The molecule has 0 aliphatic rings. The second kappa shape index (κ2) is 7.89. The summed E-state index contributed by atoms with van der Waals surface area (Å²) in [5.41, 5.74) is 1.71. The predicted molar refractivity (Wildman–Crippen MR) is 93.8 cm³/mol. The van der Waals surface area contributed by atoms with Gasteiger partial charge in [-0.2, -0.15) is 4.98 Å². The SMILES string of the molecule is Cc1nc(-c2cccnc2SCC(=O)N[C@H](C)c2cccnc2)no1. The topological polar surface area (TPSA) is 93.8 Å². The van der Waals surface area contributed by atoms with Gasteiger partial charge in [-0.05, 0) is 30.7 Å². The average molecular weight is 355 g/mol. The van der Waals surface area contributed by atoms with E-state index in [1.807, 2.05) is 25.1 Å². The van der Waals surface area contributed by atoms with Gasteiger partial charge in [-0.25, -0.2) is 4.98 Å². The molecule has 0 saturated carbocycles. The minimum Gasteiger partial charge on any atom is -0.349 e. The highest BCUT2D eigenvalue weighted by molar-refractivity contribution is 8.00. The highest BCUT2D eigenvalue weighted by Gasteiger charge is 2.15. The molecule has 0 spiro atoms. The minimum absolute atomic E-state index is 0.0813. The molecule has 0 fully saturated rings. The van der Waals surface area contributed by atoms with Crippen LogP contribution < -0.4 is 5.32 Å². The van der Waals surface area contributed by atoms with Crippen molar-refractivity contribution in [2.24, 2.45) is 0 Å². The number of amides is 1. The summed E-state index contributed by atoms with van der Waals surface area (Å²) in [4.78, 5) is 24.8. The lowest BCUT2D eigenvalue weighted by Crippen LogP contribution is -2.28. The van der Waals surface area contributed by atoms with Crippen LogP contribution in [0.25, 0.3) is 11.4 Å². The molecule has 7 nitrogen and oxygen atoms in total. The molecular weight excluding hydrogens is 338 g/mol. The van der Waals surface area contributed by atoms with E-state index in [9.17, 15) is 4.79 Å². The molecule has 0 aromatic carbocycles. The maximum absolute atomic E-state index is 12.2. The van der Waals surface area contributed by atoms with Crippen molar-refractivity contribution in [3.8, 4) is 11.4 Å². The van der Waals surface area contributed by atoms with Gasteiger partial charge in [0.05, 0.1) is 17.4 Å². The molecular formula is C17H17N5O2S. The fraction of sp³-hybridized carbons (Fsp3) is 0.235. The number of carbonyl (C=O) groups excluding carboxylic acids is 1. The van der Waals surface area contributed by atoms with Gasteiger partial charge in [0.1, 0.15) is 5.03 Å². The first kappa shape index (κ1) is 17.1. The Labute approximate surface area is 149 Å². The van der Waals surface area contributed by atoms with E-state index in [2.05, 4.69) is 25.4 Å². The number of hydrogen-bond acceptors (Lipinski definition) is 7. The number of carbonyl (C=O) groups is 1. The van der Waals surface area contributed by atoms with Gasteiger partial charge in [0.2, 0.25) is 17.6 Å². The Balaban J connectivity index is 1.63. The summed E-state index contributed by atoms with van der Waals surface area (Å²) in [6.45, 7) is 3.65. The summed E-state index contributed by atoms with van der Waals surface area (Å²) in [5.74, 6) is 1.11. The van der Waals surface area contributed by atoms with Crippen molar-refractivity contribution in [3.63, 3.8) is 0 Å². The molecule has 3 aromatic heterocycles. The van der Waals surface area contributed by atoms with Crippen LogP contribution in [0.1, 0.15) is 24.4 Å². The van der Waals surface area contributed by atoms with Crippen molar-refractivity contribution >= 4 is 17.7 Å². The molecule has 8 heteroatoms. The molecule has 1 N–H and O–H groups in total. The molecule has 0 aliphatic carbocycles. The predicted octanol–water partition coefficient (Wildman–Crippen LogP) is 2.80. The lowest BCUT2D eigenvalue weighted by Gasteiger charge is -2.13. The zero-order valence-corrected chi connectivity index (χ0v) is 14.7. The van der Waals surface area contributed by atoms with Gasteiger partial charge in [-0.1, -0.05) is 23.0 Å². The zero-order valence-electron chi connectivity index (χ0n) is 13.8. The van der Waals surface area contributed by atoms with Crippen LogP contribution in [-0.2, 0) is 4.79 Å². The summed E-state index contributed by atoms with van der Waals surface area (Å²) in [7, 11) is 0. The van der Waals surface area contributed by atoms with Crippen LogP contribution in [0.4, 0.5) is 0 Å². The number of pyridine rings is 2. The molecule has 3 aromatic rings. The Hall–Kier alpha value is -2.74. The standard InChI is InChI=1S/C17H17N5O2S/c1-11(13-5-3-7-18-9-13)20-15(23)10-25-17-14(6-4-8-19-17)16-21-12(2)24-22-16/h3-9,11H,10H2,1-2H3,(H,20,23)/t11-/m1/s1. The van der Waals surface area contributed by atoms with Gasteiger partial charge in [-0.3, -0.25) is 9.78 Å². The van der Waals surface area contributed by atoms with Crippen molar-refractivity contribution < 1.29 is 9.32 Å². The Kier molecular flexibility index (Phi) is 5.39. The number of aromatic nitrogens is 4. The highest BCUT2D eigenvalue weighted by Crippen LogP contribution is 2.27. The largest absolute Gasteiger partial charge is 0.349 e. The number of rotatable bonds is 6. The first-order valence-electron chi connectivity index (χ1n) is 7.71. The van der Waals surface area contributed by atoms with Crippen molar-refractivity contribution in [1.29, 1.82) is 0 Å². The Morgan fingerprint density at radius 3 is 2.88 bits per heavy atom. The van der Waals surface area contributed by atoms with Crippen LogP contribution in [0.3, 0.4) is 0 Å². The third-order valence-corrected chi connectivity index (χ3v) is 4.45. The minimum atomic E-state index is -0.107. The highest BCUT2D eigenvalue weighted by atomic mass is 32.2. The lowest BCUT2D eigenvalue weighted by atomic mass is 10.1. The van der Waals surface area contributed by atoms with E-state index in [0.29, 0.717) is 16.7 Å². The summed E-state index contributed by atoms with van der Waals surface area (Å²) >= 11 is 1.34. The third-order valence-electron chi connectivity index (χ3n) is 3.44. The second-order valence-electron chi connectivity index (χ2n) is 5.36. The first-order valence-corrected chi connectivity index (χ1v) is 8.70. The van der Waals surface area contributed by atoms with E-state index in [-0.39, 0.29) is 17.7 Å². The van der Waals surface area contributed by atoms with Gasteiger partial charge in [0.15, 0.2) is 0 Å². The fourth-order valence-electron chi connectivity index (χ4n) is 2.22. The number of hydrogen-bond donors (Lipinski definition) is 1. The Morgan fingerprint density at radius 2 is 2.16 bits per heavy atom. The number of nitrogens with one attached hydrogen (secondary N) is 1. The van der Waals surface area contributed by atoms with Crippen LogP contribution >= 0.6 is 11.8 Å². The van der Waals surface area contributed by atoms with Crippen LogP contribution in [0.15, 0.2) is 52.4 Å². The van der Waals surface area contributed by atoms with Gasteiger partial charge in [0, 0.05) is 25.5 Å². The van der Waals surface area contributed by atoms with Crippen LogP contribution in [0.5, 0.6) is 0 Å². The molecule has 0 aliphatic heterocycles. The molecule has 0 unspecified atom stereocenters. The van der Waals surface area contributed by atoms with Gasteiger partial charge in [0.25, 0.3) is 0 Å². The van der Waals surface area contributed by atoms with E-state index >= 15 is 0 Å². The normalized spacial score (nSPS) is 11.9. The van der Waals surface area contributed by atoms with Crippen molar-refractivity contribution in [2.45, 2.75) is 24.9 Å². The Morgan fingerprint density at radius 1 is 1.32 bits per heavy atom. The molecule has 0 saturated heterocycles. The lowest BCUT2D eigenvalue weighted by molar-refractivity contribution is -0.119. The van der Waals surface area contributed by atoms with Crippen LogP contribution in [-0.4, -0.2) is 31.8 Å². The fourth-order valence-corrected chi connectivity index (χ4v) is 3.02. The van der Waals surface area contributed by atoms with E-state index < -0.39 is 0 Å². The molecule has 128 valence electrons. The molecule has 1 atom stereocenters. The molecule has 1 amide bonds. The molecule has 25 heavy (non-hydrogen) atoms. The summed E-state index contributed by atoms with van der Waals surface area (Å²) in [6, 6.07) is 7.33. The van der Waals surface area contributed by atoms with Crippen LogP contribution in [0.2, 0.25) is 0 Å². The van der Waals surface area contributed by atoms with E-state index in [4.69, 9.17) is 4.52 Å². The van der Waals surface area contributed by atoms with Gasteiger partial charge >= 0.3 is 0 Å². The maximum Gasteiger partial charge on any atom is 0.230 e. The second-order valence-corrected chi connectivity index (χ2v) is 6.32. The Bertz CT molecular complexity index is 853. The number of nitrogens with zero attached hydrogens (tertiary/aromatic N) is 4. The van der Waals surface area contributed by atoms with E-state index in [0.717, 1.165) is 11.1 Å². The number of thioether (sulfide) groups is 1. The van der Waals surface area contributed by atoms with Crippen molar-refractivity contribution in [3.05, 3.63) is 54.3 Å². The summed E-state index contributed by atoms with van der Waals surface area (Å²) in [6.07, 6.45) is 5.12. The molecule has 0 bridgehead atoms. The molecule has 3 rings (SSSR count).